The van der Waals surface area contributed by atoms with Crippen LogP contribution in [0.3, 0.4) is 0 Å². The Bertz CT molecular complexity index is 1290. The summed E-state index contributed by atoms with van der Waals surface area (Å²) in [6.07, 6.45) is 50.3. The molecule has 0 aliphatic carbocycles. The highest BCUT2D eigenvalue weighted by atomic mass is 16.8. The largest absolute Gasteiger partial charge is 0.466 e. The van der Waals surface area contributed by atoms with Crippen molar-refractivity contribution in [3.05, 3.63) is 48.6 Å². The van der Waals surface area contributed by atoms with E-state index in [1.165, 1.54) is 89.9 Å². The highest BCUT2D eigenvalue weighted by Gasteiger charge is 2.49. The van der Waals surface area contributed by atoms with Gasteiger partial charge in [0.25, 0.3) is 0 Å². The SMILES string of the molecule is CCCCC/C=C\C/C=C\CCCCCCCCC(=O)OCCC1OC2(CCN(C(=O)CCCN(C)CCN(C)C)CC2)OC1CCOC(=O)CCCCCCCC/C=C\C/C=C\CCCCC. The number of nitrogens with zero attached hydrogens (tertiary/aromatic N) is 3. The van der Waals surface area contributed by atoms with E-state index in [0.29, 0.717) is 58.0 Å². The first-order chi connectivity index (χ1) is 33.2. The van der Waals surface area contributed by atoms with Gasteiger partial charge in [0.05, 0.1) is 25.4 Å². The number of hydrogen-bond donors (Lipinski definition) is 0. The fourth-order valence-electron chi connectivity index (χ4n) is 8.93. The Kier molecular flexibility index (Phi) is 37.8. The minimum atomic E-state index is -0.783. The summed E-state index contributed by atoms with van der Waals surface area (Å²) in [7, 11) is 6.27. The molecule has 0 N–H and O–H groups in total. The van der Waals surface area contributed by atoms with E-state index in [1.54, 1.807) is 0 Å². The molecule has 68 heavy (non-hydrogen) atoms. The third kappa shape index (κ3) is 32.9. The van der Waals surface area contributed by atoms with Crippen LogP contribution < -0.4 is 0 Å². The van der Waals surface area contributed by atoms with Crippen LogP contribution >= 0.6 is 0 Å². The van der Waals surface area contributed by atoms with Crippen molar-refractivity contribution in [2.45, 2.75) is 237 Å². The van der Waals surface area contributed by atoms with Crippen molar-refractivity contribution >= 4 is 17.8 Å². The minimum absolute atomic E-state index is 0.159. The summed E-state index contributed by atoms with van der Waals surface area (Å²) in [4.78, 5) is 45.0. The molecule has 10 nitrogen and oxygen atoms in total. The van der Waals surface area contributed by atoms with Gasteiger partial charge in [-0.05, 0) is 111 Å². The molecule has 0 saturated carbocycles. The van der Waals surface area contributed by atoms with Crippen LogP contribution in [0.2, 0.25) is 0 Å². The standard InChI is InChI=1S/C58H103N3O7/c1-6-8-10-12-14-16-18-20-22-24-26-28-30-32-34-36-40-56(63)65-51-42-53-54(68-58(67-53)44-47-61(48-45-58)55(62)39-38-46-60(5)50-49-59(3)4)43-52-66-57(64)41-37-35-33-31-29-27-25-23-21-19-17-15-13-11-9-7-2/h14-17,20-23,53-54H,6-13,18-19,24-52H2,1-5H3/b16-14-,17-15-,22-20-,23-21-. The van der Waals surface area contributed by atoms with E-state index in [0.717, 1.165) is 90.3 Å². The van der Waals surface area contributed by atoms with E-state index in [2.05, 4.69) is 93.4 Å². The third-order valence-electron chi connectivity index (χ3n) is 13.4. The molecule has 392 valence electrons. The summed E-state index contributed by atoms with van der Waals surface area (Å²) in [6, 6.07) is 0. The second kappa shape index (κ2) is 41.9. The minimum Gasteiger partial charge on any atom is -0.466 e. The molecule has 2 aliphatic heterocycles. The predicted octanol–water partition coefficient (Wildman–Crippen LogP) is 13.6. The van der Waals surface area contributed by atoms with Crippen LogP contribution in [0.25, 0.3) is 0 Å². The van der Waals surface area contributed by atoms with Crippen LogP contribution in [-0.2, 0) is 33.3 Å². The average molecular weight is 954 g/mol. The summed E-state index contributed by atoms with van der Waals surface area (Å²) in [6.45, 7) is 9.07. The van der Waals surface area contributed by atoms with Gasteiger partial charge in [0, 0.05) is 71.1 Å². The molecule has 2 aliphatic rings. The van der Waals surface area contributed by atoms with Gasteiger partial charge < -0.3 is 33.6 Å². The number of esters is 2. The van der Waals surface area contributed by atoms with Crippen molar-refractivity contribution in [3.8, 4) is 0 Å². The molecule has 0 radical (unpaired) electrons. The lowest BCUT2D eigenvalue weighted by Gasteiger charge is -2.38. The number of rotatable bonds is 43. The molecule has 2 rings (SSSR count). The summed E-state index contributed by atoms with van der Waals surface area (Å²) < 4.78 is 24.8. The lowest BCUT2D eigenvalue weighted by molar-refractivity contribution is -0.203. The van der Waals surface area contributed by atoms with Crippen molar-refractivity contribution in [2.24, 2.45) is 0 Å². The zero-order valence-corrected chi connectivity index (χ0v) is 44.6. The van der Waals surface area contributed by atoms with Gasteiger partial charge in [-0.15, -0.1) is 0 Å². The molecule has 0 bridgehead atoms. The van der Waals surface area contributed by atoms with Crippen molar-refractivity contribution in [1.82, 2.24) is 14.7 Å². The number of likely N-dealkylation sites (tertiary alicyclic amines) is 1. The maximum absolute atomic E-state index is 13.2. The molecule has 2 fully saturated rings. The quantitative estimate of drug-likeness (QED) is 0.0336. The molecular formula is C58H103N3O7. The first-order valence-electron chi connectivity index (χ1n) is 28.1. The summed E-state index contributed by atoms with van der Waals surface area (Å²) in [5.74, 6) is -0.915. The summed E-state index contributed by atoms with van der Waals surface area (Å²) in [5, 5.41) is 0. The second-order valence-electron chi connectivity index (χ2n) is 20.0. The Morgan fingerprint density at radius 3 is 1.35 bits per heavy atom. The molecule has 0 aromatic heterocycles. The highest BCUT2D eigenvalue weighted by molar-refractivity contribution is 5.76. The molecule has 0 aromatic carbocycles. The normalized spacial score (nSPS) is 17.4. The zero-order chi connectivity index (χ0) is 49.2. The molecule has 0 aromatic rings. The van der Waals surface area contributed by atoms with Gasteiger partial charge in [-0.25, -0.2) is 0 Å². The van der Waals surface area contributed by atoms with Gasteiger partial charge >= 0.3 is 11.9 Å². The van der Waals surface area contributed by atoms with Crippen molar-refractivity contribution in [1.29, 1.82) is 0 Å². The molecule has 1 spiro atoms. The molecular weight excluding hydrogens is 851 g/mol. The number of piperidine rings is 1. The number of allylic oxidation sites excluding steroid dienone is 8. The van der Waals surface area contributed by atoms with Crippen LogP contribution in [0.1, 0.15) is 219 Å². The van der Waals surface area contributed by atoms with Gasteiger partial charge in [-0.2, -0.15) is 0 Å². The van der Waals surface area contributed by atoms with E-state index < -0.39 is 5.79 Å². The predicted molar refractivity (Wildman–Crippen MR) is 283 cm³/mol. The first-order valence-corrected chi connectivity index (χ1v) is 28.1. The molecule has 2 heterocycles. The number of ether oxygens (including phenoxy) is 4. The second-order valence-corrected chi connectivity index (χ2v) is 20.0. The van der Waals surface area contributed by atoms with Gasteiger partial charge in [0.15, 0.2) is 5.79 Å². The fraction of sp³-hybridized carbons (Fsp3) is 0.810. The van der Waals surface area contributed by atoms with E-state index in [-0.39, 0.29) is 43.3 Å². The topological polar surface area (TPSA) is 97.9 Å². The number of hydrogen-bond acceptors (Lipinski definition) is 9. The van der Waals surface area contributed by atoms with Crippen LogP contribution in [0.4, 0.5) is 0 Å². The number of likely N-dealkylation sites (N-methyl/N-ethyl adjacent to an activating group) is 2. The maximum atomic E-state index is 13.2. The van der Waals surface area contributed by atoms with E-state index in [9.17, 15) is 14.4 Å². The van der Waals surface area contributed by atoms with Crippen LogP contribution in [0.15, 0.2) is 48.6 Å². The van der Waals surface area contributed by atoms with E-state index >= 15 is 0 Å². The molecule has 2 saturated heterocycles. The van der Waals surface area contributed by atoms with Gasteiger partial charge in [0.2, 0.25) is 5.91 Å². The lowest BCUT2D eigenvalue weighted by Crippen LogP contribution is -2.47. The van der Waals surface area contributed by atoms with Crippen molar-refractivity contribution < 1.29 is 33.3 Å². The van der Waals surface area contributed by atoms with Crippen LogP contribution in [-0.4, -0.2) is 118 Å². The molecule has 1 amide bonds. The first kappa shape index (κ1) is 61.3. The number of carbonyl (C=O) groups excluding carboxylic acids is 3. The lowest BCUT2D eigenvalue weighted by atomic mass is 10.0. The Morgan fingerprint density at radius 1 is 0.515 bits per heavy atom. The number of carbonyl (C=O) groups is 3. The van der Waals surface area contributed by atoms with Crippen molar-refractivity contribution in [2.75, 3.05) is 67.1 Å². The number of amides is 1. The summed E-state index contributed by atoms with van der Waals surface area (Å²) >= 11 is 0. The Labute approximate surface area is 417 Å². The fourth-order valence-corrected chi connectivity index (χ4v) is 8.93. The van der Waals surface area contributed by atoms with Gasteiger partial charge in [0.1, 0.15) is 0 Å². The highest BCUT2D eigenvalue weighted by Crippen LogP contribution is 2.40. The van der Waals surface area contributed by atoms with Crippen LogP contribution in [0, 0.1) is 0 Å². The monoisotopic (exact) mass is 954 g/mol. The maximum Gasteiger partial charge on any atom is 0.305 e. The Morgan fingerprint density at radius 2 is 0.926 bits per heavy atom. The number of unbranched alkanes of at least 4 members (excludes halogenated alkanes) is 18. The van der Waals surface area contributed by atoms with E-state index in [1.807, 2.05) is 4.90 Å². The average Bonchev–Trinajstić information content (AvgIpc) is 3.66. The van der Waals surface area contributed by atoms with Gasteiger partial charge in [-0.1, -0.05) is 140 Å². The Hall–Kier alpha value is -2.79. The molecule has 10 heteroatoms. The third-order valence-corrected chi connectivity index (χ3v) is 13.4. The van der Waals surface area contributed by atoms with E-state index in [4.69, 9.17) is 18.9 Å². The van der Waals surface area contributed by atoms with Crippen LogP contribution in [0.5, 0.6) is 0 Å². The zero-order valence-electron chi connectivity index (χ0n) is 44.6. The smallest absolute Gasteiger partial charge is 0.305 e. The van der Waals surface area contributed by atoms with Gasteiger partial charge in [-0.3, -0.25) is 14.4 Å². The Balaban J connectivity index is 1.69. The molecule has 2 atom stereocenters. The van der Waals surface area contributed by atoms with Crippen molar-refractivity contribution in [3.63, 3.8) is 0 Å². The summed E-state index contributed by atoms with van der Waals surface area (Å²) in [5.41, 5.74) is 0. The molecule has 2 unspecified atom stereocenters.